The van der Waals surface area contributed by atoms with Crippen molar-refractivity contribution in [3.63, 3.8) is 0 Å². The Kier molecular flexibility index (Phi) is 4.56. The van der Waals surface area contributed by atoms with Crippen LogP contribution < -0.4 is 0 Å². The number of halogens is 1. The van der Waals surface area contributed by atoms with Gasteiger partial charge in [-0.2, -0.15) is 10.5 Å². The standard InChI is InChI=1S/C31H28FN3O/c32-25-8-4-3-7-24(25)26-27(29(36)30-14-19-11-20(15-30)13-21(12-19)16-30)35-10-9-22-5-1-2-6-23(22)28(35)31(26,17-33)18-34/h1-10,19-21,26-28H,11-16H2/t19?,20?,21?,26-,27+,28+,30?/m0/s1. The Morgan fingerprint density at radius 1 is 0.889 bits per heavy atom. The zero-order valence-electron chi connectivity index (χ0n) is 20.1. The van der Waals surface area contributed by atoms with Crippen molar-refractivity contribution in [1.82, 2.24) is 4.90 Å². The maximum absolute atomic E-state index is 15.5. The van der Waals surface area contributed by atoms with E-state index in [2.05, 4.69) is 12.1 Å². The van der Waals surface area contributed by atoms with Gasteiger partial charge in [-0.25, -0.2) is 4.39 Å². The summed E-state index contributed by atoms with van der Waals surface area (Å²) < 4.78 is 15.5. The topological polar surface area (TPSA) is 67.9 Å². The molecule has 2 heterocycles. The number of hydrogen-bond donors (Lipinski definition) is 0. The van der Waals surface area contributed by atoms with Crippen LogP contribution in [-0.2, 0) is 4.79 Å². The molecule has 4 saturated carbocycles. The van der Waals surface area contributed by atoms with E-state index < -0.39 is 34.6 Å². The van der Waals surface area contributed by atoms with Crippen LogP contribution in [-0.4, -0.2) is 16.7 Å². The number of carbonyl (C=O) groups is 1. The van der Waals surface area contributed by atoms with Crippen molar-refractivity contribution in [3.05, 3.63) is 77.2 Å². The van der Waals surface area contributed by atoms with Crippen molar-refractivity contribution in [2.45, 2.75) is 56.5 Å². The number of carbonyl (C=O) groups excluding carboxylic acids is 1. The summed E-state index contributed by atoms with van der Waals surface area (Å²) in [5.74, 6) is 0.528. The first-order valence-corrected chi connectivity index (χ1v) is 13.2. The van der Waals surface area contributed by atoms with Gasteiger partial charge in [0.25, 0.3) is 0 Å². The summed E-state index contributed by atoms with van der Waals surface area (Å²) in [6, 6.07) is 17.4. The molecule has 4 bridgehead atoms. The quantitative estimate of drug-likeness (QED) is 0.533. The van der Waals surface area contributed by atoms with Crippen LogP contribution in [0.5, 0.6) is 0 Å². The molecule has 6 aliphatic rings. The molecule has 0 radical (unpaired) electrons. The minimum atomic E-state index is -1.61. The summed E-state index contributed by atoms with van der Waals surface area (Å²) in [6.45, 7) is 0. The highest BCUT2D eigenvalue weighted by atomic mass is 19.1. The van der Waals surface area contributed by atoms with E-state index in [9.17, 15) is 15.3 Å². The van der Waals surface area contributed by atoms with Crippen molar-refractivity contribution in [2.24, 2.45) is 28.6 Å². The van der Waals surface area contributed by atoms with Crippen LogP contribution in [0.4, 0.5) is 4.39 Å². The third-order valence-electron chi connectivity index (χ3n) is 10.0. The Morgan fingerprint density at radius 3 is 2.08 bits per heavy atom. The first-order chi connectivity index (χ1) is 17.5. The van der Waals surface area contributed by atoms with E-state index in [-0.39, 0.29) is 5.78 Å². The Morgan fingerprint density at radius 2 is 1.47 bits per heavy atom. The zero-order valence-corrected chi connectivity index (χ0v) is 20.1. The van der Waals surface area contributed by atoms with Gasteiger partial charge in [0.15, 0.2) is 11.2 Å². The lowest BCUT2D eigenvalue weighted by atomic mass is 9.47. The Labute approximate surface area is 211 Å². The number of hydrogen-bond acceptors (Lipinski definition) is 4. The van der Waals surface area contributed by atoms with E-state index in [1.54, 1.807) is 18.2 Å². The maximum atomic E-state index is 15.5. The number of nitriles is 2. The van der Waals surface area contributed by atoms with E-state index in [0.717, 1.165) is 30.4 Å². The summed E-state index contributed by atoms with van der Waals surface area (Å²) in [5.41, 5.74) is 0.0447. The predicted molar refractivity (Wildman–Crippen MR) is 132 cm³/mol. The molecule has 1 saturated heterocycles. The van der Waals surface area contributed by atoms with Gasteiger partial charge in [-0.1, -0.05) is 42.5 Å². The SMILES string of the molecule is N#CC1(C#N)[C@@H](c2ccccc2F)[C@H](C(=O)C23CC4CC(CC(C4)C2)C3)N2C=Cc3ccccc3[C@@H]21. The molecular weight excluding hydrogens is 449 g/mol. The van der Waals surface area contributed by atoms with Crippen LogP contribution >= 0.6 is 0 Å². The number of rotatable bonds is 3. The lowest BCUT2D eigenvalue weighted by Gasteiger charge is -2.57. The number of ketones is 1. The minimum Gasteiger partial charge on any atom is -0.357 e. The van der Waals surface area contributed by atoms with Gasteiger partial charge in [-0.05, 0) is 85.1 Å². The first-order valence-electron chi connectivity index (χ1n) is 13.2. The van der Waals surface area contributed by atoms with Crippen LogP contribution in [0.1, 0.15) is 67.2 Å². The average molecular weight is 478 g/mol. The highest BCUT2D eigenvalue weighted by Gasteiger charge is 2.67. The number of fused-ring (bicyclic) bond motifs is 3. The molecule has 5 fully saturated rings. The highest BCUT2D eigenvalue weighted by Crippen LogP contribution is 2.65. The van der Waals surface area contributed by atoms with Crippen LogP contribution in [0.25, 0.3) is 6.08 Å². The molecule has 0 N–H and O–H groups in total. The van der Waals surface area contributed by atoms with E-state index in [1.165, 1.54) is 25.3 Å². The van der Waals surface area contributed by atoms with Crippen LogP contribution in [0.3, 0.4) is 0 Å². The van der Waals surface area contributed by atoms with Gasteiger partial charge in [0.05, 0.1) is 24.2 Å². The second kappa shape index (κ2) is 7.53. The van der Waals surface area contributed by atoms with Crippen molar-refractivity contribution in [2.75, 3.05) is 0 Å². The molecule has 4 nitrogen and oxygen atoms in total. The lowest BCUT2D eigenvalue weighted by Crippen LogP contribution is -2.55. The molecular formula is C31H28FN3O. The van der Waals surface area contributed by atoms with E-state index in [1.807, 2.05) is 41.4 Å². The monoisotopic (exact) mass is 477 g/mol. The van der Waals surface area contributed by atoms with Crippen LogP contribution in [0.2, 0.25) is 0 Å². The van der Waals surface area contributed by atoms with E-state index in [0.29, 0.717) is 23.3 Å². The maximum Gasteiger partial charge on any atom is 0.177 e. The molecule has 2 aromatic carbocycles. The average Bonchev–Trinajstić information content (AvgIpc) is 3.18. The third kappa shape index (κ3) is 2.75. The molecule has 0 amide bonds. The van der Waals surface area contributed by atoms with Crippen LogP contribution in [0.15, 0.2) is 54.7 Å². The van der Waals surface area contributed by atoms with Gasteiger partial charge in [-0.15, -0.1) is 0 Å². The summed E-state index contributed by atoms with van der Waals surface area (Å²) in [5, 5.41) is 21.4. The van der Waals surface area contributed by atoms with Crippen molar-refractivity contribution < 1.29 is 9.18 Å². The highest BCUT2D eigenvalue weighted by molar-refractivity contribution is 5.93. The summed E-state index contributed by atoms with van der Waals surface area (Å²) in [6.07, 6.45) is 10.2. The first kappa shape index (κ1) is 21.8. The summed E-state index contributed by atoms with van der Waals surface area (Å²) in [7, 11) is 0. The Bertz CT molecular complexity index is 1330. The van der Waals surface area contributed by atoms with Crippen molar-refractivity contribution >= 4 is 11.9 Å². The fourth-order valence-corrected chi connectivity index (χ4v) is 9.09. The molecule has 180 valence electrons. The number of benzene rings is 2. The predicted octanol–water partition coefficient (Wildman–Crippen LogP) is 6.14. The van der Waals surface area contributed by atoms with Gasteiger partial charge in [0, 0.05) is 17.5 Å². The second-order valence-electron chi connectivity index (χ2n) is 11.9. The minimum absolute atomic E-state index is 0.122. The second-order valence-corrected chi connectivity index (χ2v) is 11.9. The molecule has 0 aromatic heterocycles. The fraction of sp³-hybridized carbons (Fsp3) is 0.452. The molecule has 3 atom stereocenters. The molecule has 36 heavy (non-hydrogen) atoms. The van der Waals surface area contributed by atoms with Crippen molar-refractivity contribution in [3.8, 4) is 12.1 Å². The molecule has 8 rings (SSSR count). The van der Waals surface area contributed by atoms with Crippen molar-refractivity contribution in [1.29, 1.82) is 10.5 Å². The van der Waals surface area contributed by atoms with E-state index in [4.69, 9.17) is 0 Å². The molecule has 5 heteroatoms. The largest absolute Gasteiger partial charge is 0.357 e. The molecule has 2 aromatic rings. The van der Waals surface area contributed by atoms with Crippen LogP contribution in [0, 0.1) is 57.1 Å². The Balaban J connectivity index is 1.44. The Hall–Kier alpha value is -3.44. The molecule has 0 spiro atoms. The van der Waals surface area contributed by atoms with Gasteiger partial charge in [0.1, 0.15) is 5.82 Å². The number of Topliss-reactive ketones (excluding diaryl/α,β-unsaturated/α-hetero) is 1. The fourth-order valence-electron chi connectivity index (χ4n) is 9.09. The zero-order chi connectivity index (χ0) is 24.7. The van der Waals surface area contributed by atoms with E-state index >= 15 is 4.39 Å². The van der Waals surface area contributed by atoms with Gasteiger partial charge in [-0.3, -0.25) is 4.79 Å². The molecule has 2 aliphatic heterocycles. The summed E-state index contributed by atoms with van der Waals surface area (Å²) >= 11 is 0. The third-order valence-corrected chi connectivity index (χ3v) is 10.0. The normalized spacial score (nSPS) is 36.6. The lowest BCUT2D eigenvalue weighted by molar-refractivity contribution is -0.148. The van der Waals surface area contributed by atoms with Gasteiger partial charge < -0.3 is 4.90 Å². The van der Waals surface area contributed by atoms with Gasteiger partial charge >= 0.3 is 0 Å². The summed E-state index contributed by atoms with van der Waals surface area (Å²) in [4.78, 5) is 16.8. The van der Waals surface area contributed by atoms with Gasteiger partial charge in [0.2, 0.25) is 0 Å². The molecule has 0 unspecified atom stereocenters. The number of nitrogens with zero attached hydrogens (tertiary/aromatic N) is 3. The smallest absolute Gasteiger partial charge is 0.177 e. The molecule has 4 aliphatic carbocycles.